The average Bonchev–Trinajstić information content (AvgIpc) is 1.86. The maximum atomic E-state index is 12.5. The zero-order valence-corrected chi connectivity index (χ0v) is 7.57. The van der Waals surface area contributed by atoms with Gasteiger partial charge in [-0.1, -0.05) is 0 Å². The van der Waals surface area contributed by atoms with Gasteiger partial charge in [-0.3, -0.25) is 4.79 Å². The van der Waals surface area contributed by atoms with Crippen molar-refractivity contribution in [2.45, 2.75) is 19.0 Å². The summed E-state index contributed by atoms with van der Waals surface area (Å²) in [5.74, 6) is 0. The molecule has 0 heterocycles. The highest BCUT2D eigenvalue weighted by Crippen LogP contribution is 2.05. The van der Waals surface area contributed by atoms with E-state index in [1.165, 1.54) is 0 Å². The van der Waals surface area contributed by atoms with E-state index in [9.17, 15) is 9.18 Å². The van der Waals surface area contributed by atoms with Gasteiger partial charge >= 0.3 is 0 Å². The lowest BCUT2D eigenvalue weighted by molar-refractivity contribution is -0.116. The highest BCUT2D eigenvalue weighted by molar-refractivity contribution is 6.64. The first-order valence-electron chi connectivity index (χ1n) is 3.52. The Balaban J connectivity index is 3.31. The van der Waals surface area contributed by atoms with Crippen LogP contribution in [0.4, 0.5) is 4.39 Å². The molecular weight excluding hydrogens is 169 g/mol. The van der Waals surface area contributed by atoms with Crippen LogP contribution in [0.15, 0.2) is 0 Å². The molecule has 0 bridgehead atoms. The van der Waals surface area contributed by atoms with Crippen LogP contribution >= 0.6 is 11.6 Å². The Kier molecular flexibility index (Phi) is 5.42. The predicted molar refractivity (Wildman–Crippen MR) is 43.5 cm³/mol. The molecule has 0 aromatic heterocycles. The van der Waals surface area contributed by atoms with Crippen LogP contribution in [0.3, 0.4) is 0 Å². The fourth-order valence-electron chi connectivity index (χ4n) is 0.700. The van der Waals surface area contributed by atoms with Gasteiger partial charge in [0.25, 0.3) is 5.24 Å². The first-order valence-corrected chi connectivity index (χ1v) is 3.90. The topological polar surface area (TPSA) is 20.3 Å². The van der Waals surface area contributed by atoms with Gasteiger partial charge in [0, 0.05) is 0 Å². The van der Waals surface area contributed by atoms with Crippen LogP contribution in [0, 0.1) is 0 Å². The molecule has 0 saturated heterocycles. The molecule has 0 aliphatic carbocycles. The van der Waals surface area contributed by atoms with Crippen molar-refractivity contribution in [2.24, 2.45) is 0 Å². The number of nitrogens with zero attached hydrogens (tertiary/aromatic N) is 1. The summed E-state index contributed by atoms with van der Waals surface area (Å²) in [5.41, 5.74) is 0. The van der Waals surface area contributed by atoms with Gasteiger partial charge in [-0.05, 0) is 45.1 Å². The van der Waals surface area contributed by atoms with Crippen LogP contribution in [0.2, 0.25) is 0 Å². The molecule has 2 nitrogen and oxygen atoms in total. The zero-order chi connectivity index (χ0) is 8.85. The third-order valence-corrected chi connectivity index (χ3v) is 1.55. The van der Waals surface area contributed by atoms with Gasteiger partial charge in [0.05, 0.1) is 0 Å². The van der Waals surface area contributed by atoms with Gasteiger partial charge in [-0.25, -0.2) is 4.39 Å². The molecule has 0 rings (SSSR count). The molecule has 0 unspecified atom stereocenters. The Bertz CT molecular complexity index is 130. The maximum absolute atomic E-state index is 12.5. The van der Waals surface area contributed by atoms with Gasteiger partial charge in [-0.2, -0.15) is 0 Å². The van der Waals surface area contributed by atoms with Gasteiger partial charge < -0.3 is 4.90 Å². The Morgan fingerprint density at radius 1 is 1.64 bits per heavy atom. The third kappa shape index (κ3) is 6.26. The number of carbonyl (C=O) groups is 1. The van der Waals surface area contributed by atoms with E-state index in [1.807, 2.05) is 19.0 Å². The Labute approximate surface area is 71.3 Å². The zero-order valence-electron chi connectivity index (χ0n) is 6.81. The number of carbonyl (C=O) groups excluding carboxylic acids is 1. The second-order valence-electron chi connectivity index (χ2n) is 2.72. The molecule has 0 aliphatic heterocycles. The van der Waals surface area contributed by atoms with E-state index in [2.05, 4.69) is 0 Å². The van der Waals surface area contributed by atoms with E-state index in [0.29, 0.717) is 6.42 Å². The van der Waals surface area contributed by atoms with E-state index >= 15 is 0 Å². The first kappa shape index (κ1) is 10.8. The average molecular weight is 182 g/mol. The number of rotatable bonds is 5. The van der Waals surface area contributed by atoms with Crippen LogP contribution in [-0.4, -0.2) is 37.0 Å². The largest absolute Gasteiger partial charge is 0.309 e. The fraction of sp³-hybridized carbons (Fsp3) is 0.857. The molecule has 0 amide bonds. The van der Waals surface area contributed by atoms with E-state index in [1.54, 1.807) is 0 Å². The summed E-state index contributed by atoms with van der Waals surface area (Å²) in [4.78, 5) is 12.1. The summed E-state index contributed by atoms with van der Waals surface area (Å²) in [6, 6.07) is 0. The molecule has 0 saturated carbocycles. The van der Waals surface area contributed by atoms with E-state index in [-0.39, 0.29) is 6.42 Å². The molecule has 0 aromatic carbocycles. The lowest BCUT2D eigenvalue weighted by atomic mass is 10.2. The molecule has 1 atom stereocenters. The highest BCUT2D eigenvalue weighted by atomic mass is 35.5. The maximum Gasteiger partial charge on any atom is 0.255 e. The molecule has 0 spiro atoms. The standard InChI is InChI=1S/C7H13ClFNO/c1-10(2)5-3-4-6(9)7(8)11/h6H,3-5H2,1-2H3/t6-/m1/s1. The lowest BCUT2D eigenvalue weighted by Crippen LogP contribution is -2.16. The van der Waals surface area contributed by atoms with Crippen LogP contribution in [-0.2, 0) is 4.79 Å². The molecule has 0 aliphatic rings. The SMILES string of the molecule is CN(C)CCC[C@@H](F)C(=O)Cl. The van der Waals surface area contributed by atoms with Crippen LogP contribution in [0.5, 0.6) is 0 Å². The Morgan fingerprint density at radius 3 is 2.55 bits per heavy atom. The van der Waals surface area contributed by atoms with Crippen molar-refractivity contribution >= 4 is 16.8 Å². The van der Waals surface area contributed by atoms with Crippen molar-refractivity contribution in [2.75, 3.05) is 20.6 Å². The van der Waals surface area contributed by atoms with Crippen molar-refractivity contribution in [1.29, 1.82) is 0 Å². The minimum Gasteiger partial charge on any atom is -0.309 e. The molecule has 0 N–H and O–H groups in total. The van der Waals surface area contributed by atoms with Crippen LogP contribution in [0.25, 0.3) is 0 Å². The molecule has 0 fully saturated rings. The summed E-state index contributed by atoms with van der Waals surface area (Å²) in [7, 11) is 3.80. The minimum absolute atomic E-state index is 0.223. The monoisotopic (exact) mass is 181 g/mol. The van der Waals surface area contributed by atoms with E-state index < -0.39 is 11.4 Å². The summed E-state index contributed by atoms with van der Waals surface area (Å²) in [6.45, 7) is 0.782. The number of hydrogen-bond donors (Lipinski definition) is 0. The number of hydrogen-bond acceptors (Lipinski definition) is 2. The summed E-state index contributed by atoms with van der Waals surface area (Å²) < 4.78 is 12.5. The van der Waals surface area contributed by atoms with Crippen molar-refractivity contribution in [1.82, 2.24) is 4.90 Å². The quantitative estimate of drug-likeness (QED) is 0.599. The van der Waals surface area contributed by atoms with Gasteiger partial charge in [0.15, 0.2) is 6.17 Å². The van der Waals surface area contributed by atoms with Crippen molar-refractivity contribution in [3.8, 4) is 0 Å². The van der Waals surface area contributed by atoms with Crippen molar-refractivity contribution in [3.05, 3.63) is 0 Å². The van der Waals surface area contributed by atoms with Crippen LogP contribution in [0.1, 0.15) is 12.8 Å². The minimum atomic E-state index is -1.49. The van der Waals surface area contributed by atoms with Gasteiger partial charge in [0.1, 0.15) is 0 Å². The number of alkyl halides is 1. The van der Waals surface area contributed by atoms with Crippen molar-refractivity contribution in [3.63, 3.8) is 0 Å². The number of halogens is 2. The predicted octanol–water partition coefficient (Wildman–Crippen LogP) is 1.43. The smallest absolute Gasteiger partial charge is 0.255 e. The molecular formula is C7H13ClFNO. The van der Waals surface area contributed by atoms with E-state index in [4.69, 9.17) is 11.6 Å². The summed E-state index contributed by atoms with van der Waals surface area (Å²) in [5, 5.41) is -0.885. The van der Waals surface area contributed by atoms with Gasteiger partial charge in [0.2, 0.25) is 0 Å². The Hall–Kier alpha value is -0.150. The fourth-order valence-corrected chi connectivity index (χ4v) is 0.809. The van der Waals surface area contributed by atoms with Gasteiger partial charge in [-0.15, -0.1) is 0 Å². The second kappa shape index (κ2) is 5.49. The molecule has 66 valence electrons. The highest BCUT2D eigenvalue weighted by Gasteiger charge is 2.13. The molecule has 0 aromatic rings. The second-order valence-corrected chi connectivity index (χ2v) is 3.09. The van der Waals surface area contributed by atoms with Crippen molar-refractivity contribution < 1.29 is 9.18 Å². The summed E-state index contributed by atoms with van der Waals surface area (Å²) in [6.07, 6.45) is -0.607. The molecule has 11 heavy (non-hydrogen) atoms. The first-order chi connectivity index (χ1) is 5.04. The molecule has 4 heteroatoms. The Morgan fingerprint density at radius 2 is 2.18 bits per heavy atom. The van der Waals surface area contributed by atoms with E-state index in [0.717, 1.165) is 6.54 Å². The normalized spacial score (nSPS) is 13.5. The lowest BCUT2D eigenvalue weighted by Gasteiger charge is -2.08. The molecule has 0 radical (unpaired) electrons. The third-order valence-electron chi connectivity index (χ3n) is 1.31. The summed E-state index contributed by atoms with van der Waals surface area (Å²) >= 11 is 4.92. The van der Waals surface area contributed by atoms with Crippen LogP contribution < -0.4 is 0 Å².